The molecule has 3 rings (SSSR count). The molecular weight excluding hydrogens is 377 g/mol. The molecule has 152 valence electrons. The Kier molecular flexibility index (Phi) is 7.41. The van der Waals surface area contributed by atoms with Gasteiger partial charge in [0.1, 0.15) is 17.6 Å². The van der Waals surface area contributed by atoms with Crippen molar-refractivity contribution in [1.29, 1.82) is 5.26 Å². The second-order valence-corrected chi connectivity index (χ2v) is 7.59. The van der Waals surface area contributed by atoms with Crippen LogP contribution in [0.4, 0.5) is 4.39 Å². The zero-order valence-corrected chi connectivity index (χ0v) is 16.9. The van der Waals surface area contributed by atoms with Crippen LogP contribution in [0, 0.1) is 40.8 Å². The van der Waals surface area contributed by atoms with Gasteiger partial charge in [-0.1, -0.05) is 17.9 Å². The molecule has 4 heteroatoms. The van der Waals surface area contributed by atoms with Crippen molar-refractivity contribution in [2.45, 2.75) is 38.5 Å². The summed E-state index contributed by atoms with van der Waals surface area (Å²) in [6, 6.07) is 13.0. The number of nitriles is 1. The van der Waals surface area contributed by atoms with E-state index in [1.165, 1.54) is 12.1 Å². The van der Waals surface area contributed by atoms with Gasteiger partial charge in [0.2, 0.25) is 0 Å². The number of ether oxygens (including phenoxy) is 1. The number of halogens is 1. The minimum Gasteiger partial charge on any atom is -0.426 e. The first-order valence-electron chi connectivity index (χ1n) is 10.2. The molecule has 0 atom stereocenters. The molecule has 2 aromatic carbocycles. The van der Waals surface area contributed by atoms with Crippen molar-refractivity contribution < 1.29 is 13.9 Å². The van der Waals surface area contributed by atoms with Gasteiger partial charge in [0.15, 0.2) is 0 Å². The van der Waals surface area contributed by atoms with E-state index in [-0.39, 0.29) is 17.5 Å². The Balaban J connectivity index is 1.54. The monoisotopic (exact) mass is 401 g/mol. The van der Waals surface area contributed by atoms with Crippen molar-refractivity contribution in [3.05, 3.63) is 77.6 Å². The summed E-state index contributed by atoms with van der Waals surface area (Å²) in [6.45, 7) is 3.77. The minimum atomic E-state index is -0.582. The maximum atomic E-state index is 13.6. The Morgan fingerprint density at radius 2 is 1.77 bits per heavy atom. The van der Waals surface area contributed by atoms with Crippen LogP contribution in [0.2, 0.25) is 0 Å². The predicted molar refractivity (Wildman–Crippen MR) is 114 cm³/mol. The van der Waals surface area contributed by atoms with Crippen LogP contribution in [0.5, 0.6) is 5.75 Å². The van der Waals surface area contributed by atoms with E-state index in [0.29, 0.717) is 17.2 Å². The van der Waals surface area contributed by atoms with Crippen molar-refractivity contribution in [2.75, 3.05) is 0 Å². The highest BCUT2D eigenvalue weighted by Crippen LogP contribution is 2.32. The van der Waals surface area contributed by atoms with Crippen LogP contribution in [0.3, 0.4) is 0 Å². The van der Waals surface area contributed by atoms with Crippen molar-refractivity contribution in [2.24, 2.45) is 11.8 Å². The van der Waals surface area contributed by atoms with Gasteiger partial charge in [0.05, 0.1) is 11.5 Å². The highest BCUT2D eigenvalue weighted by Gasteiger charge is 2.27. The number of esters is 1. The molecule has 30 heavy (non-hydrogen) atoms. The topological polar surface area (TPSA) is 50.1 Å². The van der Waals surface area contributed by atoms with Crippen LogP contribution >= 0.6 is 0 Å². The van der Waals surface area contributed by atoms with E-state index >= 15 is 0 Å². The third kappa shape index (κ3) is 5.82. The molecule has 0 saturated heterocycles. The third-order valence-electron chi connectivity index (χ3n) is 5.47. The molecular formula is C26H24FNO2. The second kappa shape index (κ2) is 10.4. The van der Waals surface area contributed by atoms with Crippen LogP contribution in [0.25, 0.3) is 0 Å². The average molecular weight is 401 g/mol. The molecule has 1 saturated carbocycles. The fourth-order valence-electron chi connectivity index (χ4n) is 3.67. The summed E-state index contributed by atoms with van der Waals surface area (Å²) in [6.07, 6.45) is 8.04. The van der Waals surface area contributed by atoms with Gasteiger partial charge in [0, 0.05) is 11.1 Å². The molecule has 1 aliphatic carbocycles. The maximum Gasteiger partial charge on any atom is 0.314 e. The highest BCUT2D eigenvalue weighted by molar-refractivity contribution is 5.75. The summed E-state index contributed by atoms with van der Waals surface area (Å²) in [7, 11) is 0. The number of carbonyl (C=O) groups excluding carboxylic acids is 1. The zero-order valence-electron chi connectivity index (χ0n) is 16.9. The van der Waals surface area contributed by atoms with Gasteiger partial charge in [-0.05, 0) is 86.9 Å². The standard InChI is InChI=1S/C26H24FNO2/c1-2-3-4-19-7-12-22(13-8-19)26(29)30-24-15-10-20(11-16-24)5-6-21-9-14-23(18-28)25(27)17-21/h2,9-11,14-17,19,22H,1,3-4,7-8,12-13H2. The van der Waals surface area contributed by atoms with Crippen LogP contribution in [-0.4, -0.2) is 5.97 Å². The van der Waals surface area contributed by atoms with Gasteiger partial charge in [0.25, 0.3) is 0 Å². The fraction of sp³-hybridized carbons (Fsp3) is 0.308. The van der Waals surface area contributed by atoms with Crippen LogP contribution in [-0.2, 0) is 4.79 Å². The molecule has 0 unspecified atom stereocenters. The summed E-state index contributed by atoms with van der Waals surface area (Å²) in [4.78, 5) is 12.4. The van der Waals surface area contributed by atoms with E-state index < -0.39 is 5.82 Å². The lowest BCUT2D eigenvalue weighted by molar-refractivity contribution is -0.140. The molecule has 1 fully saturated rings. The van der Waals surface area contributed by atoms with Gasteiger partial charge in [-0.15, -0.1) is 6.58 Å². The minimum absolute atomic E-state index is 0.00281. The summed E-state index contributed by atoms with van der Waals surface area (Å²) in [5.41, 5.74) is 1.21. The van der Waals surface area contributed by atoms with E-state index in [1.54, 1.807) is 36.4 Å². The highest BCUT2D eigenvalue weighted by atomic mass is 19.1. The van der Waals surface area contributed by atoms with Crippen molar-refractivity contribution in [1.82, 2.24) is 0 Å². The lowest BCUT2D eigenvalue weighted by atomic mass is 9.80. The van der Waals surface area contributed by atoms with Gasteiger partial charge in [-0.3, -0.25) is 4.79 Å². The SMILES string of the molecule is C=CCCC1CCC(C(=O)Oc2ccc(C#Cc3ccc(C#N)c(F)c3)cc2)CC1. The van der Waals surface area contributed by atoms with Gasteiger partial charge >= 0.3 is 5.97 Å². The Hall–Kier alpha value is -3.37. The predicted octanol–water partition coefficient (Wildman–Crippen LogP) is 5.78. The lowest BCUT2D eigenvalue weighted by Crippen LogP contribution is -2.25. The summed E-state index contributed by atoms with van der Waals surface area (Å²) in [5, 5.41) is 8.77. The quantitative estimate of drug-likeness (QED) is 0.276. The number of rotatable bonds is 5. The molecule has 3 nitrogen and oxygen atoms in total. The smallest absolute Gasteiger partial charge is 0.314 e. The summed E-state index contributed by atoms with van der Waals surface area (Å²) < 4.78 is 19.2. The zero-order chi connectivity index (χ0) is 21.3. The summed E-state index contributed by atoms with van der Waals surface area (Å²) >= 11 is 0. The van der Waals surface area contributed by atoms with E-state index in [4.69, 9.17) is 10.00 Å². The fourth-order valence-corrected chi connectivity index (χ4v) is 3.67. The number of hydrogen-bond donors (Lipinski definition) is 0. The molecule has 0 bridgehead atoms. The first-order chi connectivity index (χ1) is 14.6. The number of benzene rings is 2. The number of hydrogen-bond acceptors (Lipinski definition) is 3. The first-order valence-corrected chi connectivity index (χ1v) is 10.2. The molecule has 0 aromatic heterocycles. The van der Waals surface area contributed by atoms with Gasteiger partial charge < -0.3 is 4.74 Å². The normalized spacial score (nSPS) is 17.9. The molecule has 0 aliphatic heterocycles. The van der Waals surface area contributed by atoms with Crippen LogP contribution < -0.4 is 4.74 Å². The molecule has 0 N–H and O–H groups in total. The Labute approximate surface area is 177 Å². The molecule has 1 aliphatic rings. The molecule has 0 spiro atoms. The van der Waals surface area contributed by atoms with Crippen LogP contribution in [0.1, 0.15) is 55.2 Å². The molecule has 2 aromatic rings. The summed E-state index contributed by atoms with van der Waals surface area (Å²) in [5.74, 6) is 6.23. The third-order valence-corrected chi connectivity index (χ3v) is 5.47. The van der Waals surface area contributed by atoms with E-state index in [9.17, 15) is 9.18 Å². The van der Waals surface area contributed by atoms with Crippen molar-refractivity contribution in [3.8, 4) is 23.7 Å². The van der Waals surface area contributed by atoms with Crippen molar-refractivity contribution >= 4 is 5.97 Å². The van der Waals surface area contributed by atoms with Crippen molar-refractivity contribution in [3.63, 3.8) is 0 Å². The second-order valence-electron chi connectivity index (χ2n) is 7.59. The lowest BCUT2D eigenvalue weighted by Gasteiger charge is -2.26. The largest absolute Gasteiger partial charge is 0.426 e. The molecule has 0 heterocycles. The van der Waals surface area contributed by atoms with Gasteiger partial charge in [-0.25, -0.2) is 4.39 Å². The van der Waals surface area contributed by atoms with Crippen LogP contribution in [0.15, 0.2) is 55.1 Å². The molecule has 0 radical (unpaired) electrons. The van der Waals surface area contributed by atoms with E-state index in [0.717, 1.165) is 44.1 Å². The maximum absolute atomic E-state index is 13.6. The first kappa shape index (κ1) is 21.3. The number of nitrogens with zero attached hydrogens (tertiary/aromatic N) is 1. The Morgan fingerprint density at radius 3 is 2.40 bits per heavy atom. The Bertz CT molecular complexity index is 1000. The van der Waals surface area contributed by atoms with E-state index in [1.807, 2.05) is 6.08 Å². The number of carbonyl (C=O) groups is 1. The molecule has 0 amide bonds. The number of allylic oxidation sites excluding steroid dienone is 1. The van der Waals surface area contributed by atoms with Gasteiger partial charge in [-0.2, -0.15) is 5.26 Å². The average Bonchev–Trinajstić information content (AvgIpc) is 2.77. The van der Waals surface area contributed by atoms with E-state index in [2.05, 4.69) is 18.4 Å². The Morgan fingerprint density at radius 1 is 1.10 bits per heavy atom.